The van der Waals surface area contributed by atoms with Crippen molar-refractivity contribution in [1.82, 2.24) is 25.9 Å². The molecule has 0 bridgehead atoms. The average molecular weight is 471 g/mol. The topological polar surface area (TPSA) is 280 Å². The molecule has 0 aliphatic rings. The molecule has 11 N–H and O–H groups in total. The Morgan fingerprint density at radius 3 is 2.00 bits per heavy atom. The van der Waals surface area contributed by atoms with Crippen LogP contribution in [0.5, 0.6) is 0 Å². The smallest absolute Gasteiger partial charge is 0.328 e. The molecule has 4 amide bonds. The zero-order valence-electron chi connectivity index (χ0n) is 17.2. The first kappa shape index (κ1) is 27.0. The number of aliphatic hydroxyl groups excluding tert-OH is 1. The van der Waals surface area contributed by atoms with Gasteiger partial charge in [0.15, 0.2) is 0 Å². The van der Waals surface area contributed by atoms with Crippen LogP contribution in [0, 0.1) is 0 Å². The Labute approximate surface area is 186 Å². The van der Waals surface area contributed by atoms with Gasteiger partial charge in [0.2, 0.25) is 23.6 Å². The minimum atomic E-state index is -1.66. The van der Waals surface area contributed by atoms with Gasteiger partial charge >= 0.3 is 11.9 Å². The van der Waals surface area contributed by atoms with Crippen LogP contribution in [0.4, 0.5) is 0 Å². The summed E-state index contributed by atoms with van der Waals surface area (Å²) < 4.78 is 0. The number of aromatic amines is 1. The molecular weight excluding hydrogens is 446 g/mol. The largest absolute Gasteiger partial charge is 0.481 e. The number of carboxylic acid groups (broad SMARTS) is 2. The minimum Gasteiger partial charge on any atom is -0.481 e. The Balaban J connectivity index is 3.04. The van der Waals surface area contributed by atoms with E-state index in [1.807, 2.05) is 5.32 Å². The molecule has 0 saturated heterocycles. The summed E-state index contributed by atoms with van der Waals surface area (Å²) in [4.78, 5) is 77.0. The number of carboxylic acids is 2. The van der Waals surface area contributed by atoms with Crippen molar-refractivity contribution in [3.05, 3.63) is 18.2 Å². The van der Waals surface area contributed by atoms with Gasteiger partial charge in [0.1, 0.15) is 18.1 Å². The van der Waals surface area contributed by atoms with Gasteiger partial charge in [-0.3, -0.25) is 24.0 Å². The number of hydrogen-bond acceptors (Lipinski definition) is 9. The van der Waals surface area contributed by atoms with Crippen molar-refractivity contribution in [3.63, 3.8) is 0 Å². The van der Waals surface area contributed by atoms with E-state index in [9.17, 15) is 28.8 Å². The van der Waals surface area contributed by atoms with Gasteiger partial charge in [-0.05, 0) is 0 Å². The summed E-state index contributed by atoms with van der Waals surface area (Å²) in [6.07, 6.45) is 0.967. The summed E-state index contributed by atoms with van der Waals surface area (Å²) in [6, 6.07) is -6.23. The number of primary amides is 1. The fraction of sp³-hybridized carbons (Fsp3) is 0.471. The minimum absolute atomic E-state index is 0.203. The normalized spacial score (nSPS) is 14.2. The Morgan fingerprint density at radius 1 is 0.939 bits per heavy atom. The van der Waals surface area contributed by atoms with Gasteiger partial charge in [0, 0.05) is 18.3 Å². The van der Waals surface area contributed by atoms with Gasteiger partial charge in [-0.1, -0.05) is 0 Å². The average Bonchev–Trinajstić information content (AvgIpc) is 3.22. The molecule has 0 saturated carbocycles. The molecule has 4 unspecified atom stereocenters. The molecule has 1 aromatic heterocycles. The number of aromatic nitrogens is 2. The standard InChI is InChI=1S/C17H25N7O9/c18-8(2-13(27)28)14(29)22-10(3-12(19)26)16(31)23-9(1-7-4-20-6-21-7)15(30)24-11(5-25)17(32)33/h4,6,8-11,25H,1-3,5,18H2,(H2,19,26)(H,20,21)(H,22,29)(H,23,31)(H,24,30)(H,27,28)(H,32,33). The third kappa shape index (κ3) is 9.32. The molecule has 182 valence electrons. The number of hydrogen-bond donors (Lipinski definition) is 9. The van der Waals surface area contributed by atoms with Gasteiger partial charge in [-0.2, -0.15) is 0 Å². The van der Waals surface area contributed by atoms with Crippen LogP contribution < -0.4 is 27.4 Å². The van der Waals surface area contributed by atoms with Crippen LogP contribution in [-0.2, 0) is 35.2 Å². The van der Waals surface area contributed by atoms with Gasteiger partial charge in [0.25, 0.3) is 0 Å². The number of nitrogens with one attached hydrogen (secondary N) is 4. The highest BCUT2D eigenvalue weighted by Gasteiger charge is 2.31. The number of carbonyl (C=O) groups excluding carboxylic acids is 4. The van der Waals surface area contributed by atoms with Crippen LogP contribution in [0.25, 0.3) is 0 Å². The van der Waals surface area contributed by atoms with E-state index in [2.05, 4.69) is 20.6 Å². The van der Waals surface area contributed by atoms with Crippen molar-refractivity contribution in [3.8, 4) is 0 Å². The van der Waals surface area contributed by atoms with Gasteiger partial charge in [-0.25, -0.2) is 9.78 Å². The maximum Gasteiger partial charge on any atom is 0.328 e. The lowest BCUT2D eigenvalue weighted by Gasteiger charge is -2.24. The van der Waals surface area contributed by atoms with Crippen molar-refractivity contribution >= 4 is 35.6 Å². The Hall–Kier alpha value is -4.05. The van der Waals surface area contributed by atoms with Crippen LogP contribution in [0.15, 0.2) is 12.5 Å². The van der Waals surface area contributed by atoms with Gasteiger partial charge in [0.05, 0.1) is 31.8 Å². The second-order valence-electron chi connectivity index (χ2n) is 6.86. The second kappa shape index (κ2) is 12.7. The van der Waals surface area contributed by atoms with Crippen molar-refractivity contribution < 1.29 is 44.1 Å². The first-order valence-corrected chi connectivity index (χ1v) is 9.42. The molecule has 0 spiro atoms. The molecule has 0 aliphatic carbocycles. The summed E-state index contributed by atoms with van der Waals surface area (Å²) in [6.45, 7) is -0.923. The van der Waals surface area contributed by atoms with E-state index < -0.39 is 79.2 Å². The quantitative estimate of drug-likeness (QED) is 0.124. The lowest BCUT2D eigenvalue weighted by Crippen LogP contribution is -2.58. The zero-order chi connectivity index (χ0) is 25.1. The van der Waals surface area contributed by atoms with E-state index in [4.69, 9.17) is 26.8 Å². The highest BCUT2D eigenvalue weighted by atomic mass is 16.4. The van der Waals surface area contributed by atoms with E-state index in [1.54, 1.807) is 0 Å². The molecule has 16 heteroatoms. The number of rotatable bonds is 14. The SMILES string of the molecule is NC(=O)CC(NC(=O)C(N)CC(=O)O)C(=O)NC(Cc1cnc[nH]1)C(=O)NC(CO)C(=O)O. The number of aliphatic hydroxyl groups is 1. The molecule has 0 aromatic carbocycles. The number of H-pyrrole nitrogens is 1. The van der Waals surface area contributed by atoms with Gasteiger partial charge < -0.3 is 47.7 Å². The van der Waals surface area contributed by atoms with Crippen LogP contribution in [-0.4, -0.2) is 91.6 Å². The number of amides is 4. The highest BCUT2D eigenvalue weighted by Crippen LogP contribution is 2.03. The van der Waals surface area contributed by atoms with E-state index in [-0.39, 0.29) is 6.42 Å². The summed E-state index contributed by atoms with van der Waals surface area (Å²) in [5.74, 6) is -7.00. The third-order valence-corrected chi connectivity index (χ3v) is 4.18. The predicted molar refractivity (Wildman–Crippen MR) is 107 cm³/mol. The maximum absolute atomic E-state index is 12.7. The van der Waals surface area contributed by atoms with E-state index in [0.717, 1.165) is 0 Å². The molecule has 0 fully saturated rings. The van der Waals surface area contributed by atoms with Crippen molar-refractivity contribution in [2.75, 3.05) is 6.61 Å². The lowest BCUT2D eigenvalue weighted by atomic mass is 10.1. The fourth-order valence-electron chi connectivity index (χ4n) is 2.53. The molecule has 1 heterocycles. The fourth-order valence-corrected chi connectivity index (χ4v) is 2.53. The molecule has 16 nitrogen and oxygen atoms in total. The number of aliphatic carboxylic acids is 2. The molecule has 0 radical (unpaired) electrons. The van der Waals surface area contributed by atoms with Crippen LogP contribution >= 0.6 is 0 Å². The number of carbonyl (C=O) groups is 6. The van der Waals surface area contributed by atoms with Crippen LogP contribution in [0.1, 0.15) is 18.5 Å². The number of imidazole rings is 1. The zero-order valence-corrected chi connectivity index (χ0v) is 17.2. The Morgan fingerprint density at radius 2 is 1.52 bits per heavy atom. The van der Waals surface area contributed by atoms with E-state index >= 15 is 0 Å². The number of nitrogens with zero attached hydrogens (tertiary/aromatic N) is 1. The molecule has 1 aromatic rings. The Bertz CT molecular complexity index is 874. The molecule has 4 atom stereocenters. The van der Waals surface area contributed by atoms with Crippen LogP contribution in [0.3, 0.4) is 0 Å². The summed E-state index contributed by atoms with van der Waals surface area (Å²) in [7, 11) is 0. The second-order valence-corrected chi connectivity index (χ2v) is 6.86. The first-order chi connectivity index (χ1) is 15.4. The number of nitrogens with two attached hydrogens (primary N) is 2. The van der Waals surface area contributed by atoms with E-state index in [0.29, 0.717) is 5.69 Å². The maximum atomic E-state index is 12.7. The summed E-state index contributed by atoms with van der Waals surface area (Å²) in [5, 5.41) is 33.3. The van der Waals surface area contributed by atoms with E-state index in [1.165, 1.54) is 12.5 Å². The van der Waals surface area contributed by atoms with Crippen molar-refractivity contribution in [1.29, 1.82) is 0 Å². The van der Waals surface area contributed by atoms with Crippen molar-refractivity contribution in [2.45, 2.75) is 43.4 Å². The van der Waals surface area contributed by atoms with Crippen molar-refractivity contribution in [2.24, 2.45) is 11.5 Å². The summed E-state index contributed by atoms with van der Waals surface area (Å²) >= 11 is 0. The lowest BCUT2D eigenvalue weighted by molar-refractivity contribution is -0.143. The first-order valence-electron chi connectivity index (χ1n) is 9.42. The third-order valence-electron chi connectivity index (χ3n) is 4.18. The molecule has 33 heavy (non-hydrogen) atoms. The molecule has 0 aliphatic heterocycles. The molecular formula is C17H25N7O9. The molecule has 1 rings (SSSR count). The summed E-state index contributed by atoms with van der Waals surface area (Å²) in [5.41, 5.74) is 10.9. The highest BCUT2D eigenvalue weighted by molar-refractivity contribution is 5.96. The van der Waals surface area contributed by atoms with Crippen LogP contribution in [0.2, 0.25) is 0 Å². The monoisotopic (exact) mass is 471 g/mol. The van der Waals surface area contributed by atoms with Gasteiger partial charge in [-0.15, -0.1) is 0 Å². The predicted octanol–water partition coefficient (Wildman–Crippen LogP) is -4.84. The Kier molecular flexibility index (Phi) is 10.4.